The van der Waals surface area contributed by atoms with Gasteiger partial charge in [-0.25, -0.2) is 4.99 Å². The van der Waals surface area contributed by atoms with Gasteiger partial charge in [0.05, 0.1) is 5.16 Å². The Bertz CT molecular complexity index is 575. The molecule has 0 aliphatic rings. The van der Waals surface area contributed by atoms with E-state index >= 15 is 0 Å². The Labute approximate surface area is 115 Å². The van der Waals surface area contributed by atoms with Gasteiger partial charge >= 0.3 is 0 Å². The van der Waals surface area contributed by atoms with Crippen molar-refractivity contribution >= 4 is 34.8 Å². The highest BCUT2D eigenvalue weighted by Crippen LogP contribution is 2.22. The summed E-state index contributed by atoms with van der Waals surface area (Å²) in [5, 5.41) is 9.97. The average Bonchev–Trinajstić information content (AvgIpc) is 2.75. The van der Waals surface area contributed by atoms with Crippen LogP contribution in [0.25, 0.3) is 0 Å². The molecule has 0 fully saturated rings. The van der Waals surface area contributed by atoms with E-state index in [0.717, 1.165) is 11.3 Å². The lowest BCUT2D eigenvalue weighted by atomic mass is 10.2. The molecule has 0 aliphatic carbocycles. The normalized spacial score (nSPS) is 11.7. The van der Waals surface area contributed by atoms with E-state index in [0.29, 0.717) is 10.8 Å². The zero-order chi connectivity index (χ0) is 13.0. The van der Waals surface area contributed by atoms with Crippen LogP contribution in [0.4, 0.5) is 5.82 Å². The largest absolute Gasteiger partial charge is 0.360 e. The Morgan fingerprint density at radius 1 is 1.44 bits per heavy atom. The second kappa shape index (κ2) is 5.78. The van der Waals surface area contributed by atoms with Crippen molar-refractivity contribution in [3.63, 3.8) is 0 Å². The van der Waals surface area contributed by atoms with Gasteiger partial charge in [0, 0.05) is 11.1 Å². The Hall–Kier alpha value is -1.68. The van der Waals surface area contributed by atoms with Crippen LogP contribution in [0.2, 0.25) is 5.02 Å². The minimum absolute atomic E-state index is 0.357. The molecule has 0 aliphatic heterocycles. The number of hydrogen-bond acceptors (Lipinski definition) is 5. The number of aliphatic imine (C=N–C) groups is 1. The van der Waals surface area contributed by atoms with Crippen LogP contribution < -0.4 is 5.32 Å². The van der Waals surface area contributed by atoms with Crippen LogP contribution in [0.1, 0.15) is 17.5 Å². The van der Waals surface area contributed by atoms with Crippen LogP contribution in [-0.2, 0) is 0 Å². The highest BCUT2D eigenvalue weighted by atomic mass is 35.5. The first kappa shape index (κ1) is 12.8. The zero-order valence-electron chi connectivity index (χ0n) is 9.55. The van der Waals surface area contributed by atoms with Gasteiger partial charge in [-0.1, -0.05) is 28.9 Å². The topological polar surface area (TPSA) is 50.4 Å². The highest BCUT2D eigenvalue weighted by molar-refractivity contribution is 7.78. The Morgan fingerprint density at radius 2 is 2.17 bits per heavy atom. The Kier molecular flexibility index (Phi) is 4.10. The molecule has 4 nitrogen and oxygen atoms in total. The fourth-order valence-electron chi connectivity index (χ4n) is 1.46. The van der Waals surface area contributed by atoms with Crippen LogP contribution >= 0.6 is 23.8 Å². The molecule has 0 amide bonds. The molecule has 0 bridgehead atoms. The van der Waals surface area contributed by atoms with E-state index in [4.69, 9.17) is 16.1 Å². The second-order valence-corrected chi connectivity index (χ2v) is 4.26. The summed E-state index contributed by atoms with van der Waals surface area (Å²) in [6.07, 6.45) is -0.357. The number of nitrogens with one attached hydrogen (secondary N) is 1. The minimum Gasteiger partial charge on any atom is -0.360 e. The summed E-state index contributed by atoms with van der Waals surface area (Å²) in [7, 11) is 0. The number of aromatic nitrogens is 1. The molecule has 0 saturated heterocycles. The number of aryl methyl sites for hydroxylation is 1. The number of hydrogen-bond donors (Lipinski definition) is 1. The van der Waals surface area contributed by atoms with Gasteiger partial charge in [-0.3, -0.25) is 0 Å². The molecule has 0 saturated carbocycles. The Balaban J connectivity index is 2.23. The van der Waals surface area contributed by atoms with Crippen molar-refractivity contribution in [1.82, 2.24) is 5.16 Å². The molecule has 1 atom stereocenters. The Morgan fingerprint density at radius 3 is 2.72 bits per heavy atom. The molecule has 1 unspecified atom stereocenters. The molecule has 1 aromatic heterocycles. The number of isothiocyanates is 1. The van der Waals surface area contributed by atoms with Gasteiger partial charge in [0.1, 0.15) is 5.76 Å². The second-order valence-electron chi connectivity index (χ2n) is 3.64. The van der Waals surface area contributed by atoms with E-state index in [-0.39, 0.29) is 6.17 Å². The van der Waals surface area contributed by atoms with E-state index in [1.165, 1.54) is 0 Å². The molecule has 1 heterocycles. The fourth-order valence-corrected chi connectivity index (χ4v) is 1.69. The van der Waals surface area contributed by atoms with Gasteiger partial charge in [-0.2, -0.15) is 0 Å². The number of benzene rings is 1. The smallest absolute Gasteiger partial charge is 0.171 e. The SMILES string of the molecule is Cc1cc(NC(N=C=S)c2ccc(Cl)cc2)no1. The van der Waals surface area contributed by atoms with Crippen LogP contribution in [-0.4, -0.2) is 10.3 Å². The van der Waals surface area contributed by atoms with Gasteiger partial charge in [0.25, 0.3) is 0 Å². The van der Waals surface area contributed by atoms with Crippen molar-refractivity contribution in [3.05, 3.63) is 46.7 Å². The van der Waals surface area contributed by atoms with E-state index < -0.39 is 0 Å². The summed E-state index contributed by atoms with van der Waals surface area (Å²) in [4.78, 5) is 4.06. The van der Waals surface area contributed by atoms with Gasteiger partial charge in [0.15, 0.2) is 12.0 Å². The molecule has 18 heavy (non-hydrogen) atoms. The molecule has 2 aromatic rings. The minimum atomic E-state index is -0.357. The maximum absolute atomic E-state index is 5.84. The van der Waals surface area contributed by atoms with Crippen LogP contribution in [0.3, 0.4) is 0 Å². The van der Waals surface area contributed by atoms with Crippen molar-refractivity contribution < 1.29 is 4.52 Å². The van der Waals surface area contributed by atoms with Crippen molar-refractivity contribution in [2.24, 2.45) is 4.99 Å². The van der Waals surface area contributed by atoms with Gasteiger partial charge < -0.3 is 9.84 Å². The number of thiocarbonyl (C=S) groups is 1. The fraction of sp³-hybridized carbons (Fsp3) is 0.167. The predicted molar refractivity (Wildman–Crippen MR) is 74.1 cm³/mol. The number of nitrogens with zero attached hydrogens (tertiary/aromatic N) is 2. The van der Waals surface area contributed by atoms with Crippen LogP contribution in [0.15, 0.2) is 39.8 Å². The molecule has 1 aromatic carbocycles. The first-order valence-electron chi connectivity index (χ1n) is 5.21. The standard InChI is InChI=1S/C12H10ClN3OS/c1-8-6-11(16-17-8)15-12(14-7-18)9-2-4-10(13)5-3-9/h2-6,12H,1H3,(H,15,16). The van der Waals surface area contributed by atoms with Gasteiger partial charge in [0.2, 0.25) is 0 Å². The number of rotatable bonds is 4. The zero-order valence-corrected chi connectivity index (χ0v) is 11.1. The monoisotopic (exact) mass is 279 g/mol. The van der Waals surface area contributed by atoms with E-state index in [2.05, 4.69) is 32.8 Å². The summed E-state index contributed by atoms with van der Waals surface area (Å²) in [6.45, 7) is 1.82. The van der Waals surface area contributed by atoms with Crippen LogP contribution in [0, 0.1) is 6.92 Å². The molecule has 1 N–H and O–H groups in total. The molecule has 92 valence electrons. The van der Waals surface area contributed by atoms with Crippen molar-refractivity contribution in [3.8, 4) is 0 Å². The third-order valence-corrected chi connectivity index (χ3v) is 2.64. The quantitative estimate of drug-likeness (QED) is 0.682. The van der Waals surface area contributed by atoms with Crippen molar-refractivity contribution in [1.29, 1.82) is 0 Å². The third kappa shape index (κ3) is 3.17. The molecule has 2 rings (SSSR count). The number of anilines is 1. The van der Waals surface area contributed by atoms with E-state index in [1.807, 2.05) is 19.1 Å². The molecular formula is C12H10ClN3OS. The average molecular weight is 280 g/mol. The van der Waals surface area contributed by atoms with Crippen molar-refractivity contribution in [2.45, 2.75) is 13.1 Å². The summed E-state index contributed by atoms with van der Waals surface area (Å²) < 4.78 is 4.98. The van der Waals surface area contributed by atoms with E-state index in [1.54, 1.807) is 18.2 Å². The maximum atomic E-state index is 5.84. The predicted octanol–water partition coefficient (Wildman–Crippen LogP) is 3.85. The summed E-state index contributed by atoms with van der Waals surface area (Å²) in [6, 6.07) is 9.09. The van der Waals surface area contributed by atoms with Gasteiger partial charge in [-0.15, -0.1) is 0 Å². The molecule has 6 heteroatoms. The van der Waals surface area contributed by atoms with E-state index in [9.17, 15) is 0 Å². The lowest BCUT2D eigenvalue weighted by molar-refractivity contribution is 0.399. The summed E-state index contributed by atoms with van der Waals surface area (Å²) >= 11 is 10.5. The summed E-state index contributed by atoms with van der Waals surface area (Å²) in [5.41, 5.74) is 0.914. The molecular weight excluding hydrogens is 270 g/mol. The molecule has 0 radical (unpaired) electrons. The lowest BCUT2D eigenvalue weighted by Crippen LogP contribution is -2.08. The van der Waals surface area contributed by atoms with Gasteiger partial charge in [-0.05, 0) is 36.8 Å². The number of halogens is 1. The first-order chi connectivity index (χ1) is 8.69. The lowest BCUT2D eigenvalue weighted by Gasteiger charge is -2.12. The maximum Gasteiger partial charge on any atom is 0.171 e. The highest BCUT2D eigenvalue weighted by Gasteiger charge is 2.11. The third-order valence-electron chi connectivity index (χ3n) is 2.28. The summed E-state index contributed by atoms with van der Waals surface area (Å²) in [5.74, 6) is 1.32. The van der Waals surface area contributed by atoms with Crippen molar-refractivity contribution in [2.75, 3.05) is 5.32 Å². The van der Waals surface area contributed by atoms with Crippen LogP contribution in [0.5, 0.6) is 0 Å². The molecule has 0 spiro atoms. The first-order valence-corrected chi connectivity index (χ1v) is 6.00.